The van der Waals surface area contributed by atoms with Crippen molar-refractivity contribution in [1.29, 1.82) is 0 Å². The Morgan fingerprint density at radius 2 is 1.52 bits per heavy atom. The minimum atomic E-state index is -0.721. The number of benzene rings is 2. The van der Waals surface area contributed by atoms with Crippen molar-refractivity contribution in [2.45, 2.75) is 6.42 Å². The molecule has 1 saturated heterocycles. The minimum Gasteiger partial charge on any atom is -0.292 e. The summed E-state index contributed by atoms with van der Waals surface area (Å²) in [6.07, 6.45) is 4.66. The van der Waals surface area contributed by atoms with Gasteiger partial charge in [-0.1, -0.05) is 59.1 Å². The number of allylic oxidation sites excluding steroid dienone is 2. The van der Waals surface area contributed by atoms with Crippen molar-refractivity contribution in [2.75, 3.05) is 6.54 Å². The summed E-state index contributed by atoms with van der Waals surface area (Å²) in [5.74, 6) is -3.35. The number of hydrogen-bond donors (Lipinski definition) is 0. The lowest BCUT2D eigenvalue weighted by molar-refractivity contribution is -0.154. The highest BCUT2D eigenvalue weighted by Crippen LogP contribution is 2.52. The topological polar surface area (TPSA) is 74.8 Å². The quantitative estimate of drug-likeness (QED) is 0.337. The summed E-state index contributed by atoms with van der Waals surface area (Å²) >= 11 is 18.3. The van der Waals surface area contributed by atoms with Crippen LogP contribution in [0.15, 0.2) is 54.6 Å². The van der Waals surface area contributed by atoms with E-state index < -0.39 is 41.9 Å². The second-order valence-corrected chi connectivity index (χ2v) is 9.63. The number of imide groups is 1. The number of halogens is 3. The fourth-order valence-corrected chi connectivity index (χ4v) is 5.80. The van der Waals surface area contributed by atoms with Crippen LogP contribution in [-0.4, -0.2) is 40.1 Å². The smallest absolute Gasteiger partial charge is 0.274 e. The lowest BCUT2D eigenvalue weighted by Gasteiger charge is -2.31. The average Bonchev–Trinajstić information content (AvgIpc) is 3.46. The number of hydrazine groups is 1. The fourth-order valence-electron chi connectivity index (χ4n) is 5.07. The molecule has 33 heavy (non-hydrogen) atoms. The van der Waals surface area contributed by atoms with Crippen LogP contribution in [-0.2, 0) is 9.59 Å². The van der Waals surface area contributed by atoms with Crippen molar-refractivity contribution in [2.24, 2.45) is 23.7 Å². The van der Waals surface area contributed by atoms with Gasteiger partial charge in [0.1, 0.15) is 6.54 Å². The molecule has 3 aliphatic rings. The van der Waals surface area contributed by atoms with E-state index in [0.29, 0.717) is 5.02 Å². The molecule has 3 amide bonds. The lowest BCUT2D eigenvalue weighted by atomic mass is 9.85. The van der Waals surface area contributed by atoms with E-state index in [9.17, 15) is 19.2 Å². The maximum atomic E-state index is 13.5. The van der Waals surface area contributed by atoms with E-state index in [0.717, 1.165) is 16.4 Å². The van der Waals surface area contributed by atoms with E-state index in [1.54, 1.807) is 12.1 Å². The van der Waals surface area contributed by atoms with E-state index in [-0.39, 0.29) is 33.0 Å². The Morgan fingerprint density at radius 1 is 0.879 bits per heavy atom. The van der Waals surface area contributed by atoms with Crippen LogP contribution in [0.2, 0.25) is 15.1 Å². The first kappa shape index (κ1) is 22.1. The van der Waals surface area contributed by atoms with Crippen LogP contribution in [0, 0.1) is 23.7 Å². The average molecular weight is 504 g/mol. The molecule has 2 fully saturated rings. The second kappa shape index (κ2) is 8.28. The molecule has 1 heterocycles. The number of carbonyl (C=O) groups is 4. The lowest BCUT2D eigenvalue weighted by Crippen LogP contribution is -2.52. The summed E-state index contributed by atoms with van der Waals surface area (Å²) in [4.78, 5) is 53.4. The van der Waals surface area contributed by atoms with Gasteiger partial charge in [-0.05, 0) is 48.6 Å². The summed E-state index contributed by atoms with van der Waals surface area (Å²) in [7, 11) is 0. The molecule has 1 saturated carbocycles. The van der Waals surface area contributed by atoms with Crippen molar-refractivity contribution in [3.63, 3.8) is 0 Å². The van der Waals surface area contributed by atoms with Crippen LogP contribution in [0.4, 0.5) is 0 Å². The summed E-state index contributed by atoms with van der Waals surface area (Å²) in [6.45, 7) is -0.564. The van der Waals surface area contributed by atoms with Crippen LogP contribution >= 0.6 is 34.8 Å². The van der Waals surface area contributed by atoms with Gasteiger partial charge >= 0.3 is 0 Å². The van der Waals surface area contributed by atoms with Crippen molar-refractivity contribution >= 4 is 58.3 Å². The van der Waals surface area contributed by atoms with Crippen LogP contribution < -0.4 is 0 Å². The Labute approximate surface area is 204 Å². The van der Waals surface area contributed by atoms with Gasteiger partial charge in [-0.25, -0.2) is 5.01 Å². The van der Waals surface area contributed by atoms with E-state index in [4.69, 9.17) is 34.8 Å². The second-order valence-electron chi connectivity index (χ2n) is 8.38. The molecule has 4 atom stereocenters. The van der Waals surface area contributed by atoms with Crippen molar-refractivity contribution in [3.05, 3.63) is 80.8 Å². The number of carbonyl (C=O) groups excluding carboxylic acids is 4. The Morgan fingerprint density at radius 3 is 2.12 bits per heavy atom. The molecule has 9 heteroatoms. The van der Waals surface area contributed by atoms with Crippen LogP contribution in [0.3, 0.4) is 0 Å². The third-order valence-electron chi connectivity index (χ3n) is 6.55. The Balaban J connectivity index is 1.53. The molecule has 6 nitrogen and oxygen atoms in total. The number of ketones is 1. The van der Waals surface area contributed by atoms with Gasteiger partial charge in [-0.15, -0.1) is 0 Å². The zero-order valence-corrected chi connectivity index (χ0v) is 19.3. The maximum absolute atomic E-state index is 13.5. The van der Waals surface area contributed by atoms with Gasteiger partial charge in [0.15, 0.2) is 5.78 Å². The van der Waals surface area contributed by atoms with E-state index in [1.807, 2.05) is 12.2 Å². The first-order valence-corrected chi connectivity index (χ1v) is 11.5. The molecule has 0 spiro atoms. The monoisotopic (exact) mass is 502 g/mol. The molecule has 2 aromatic carbocycles. The Bertz CT molecular complexity index is 1210. The molecule has 2 bridgehead atoms. The molecule has 0 unspecified atom stereocenters. The molecule has 5 rings (SSSR count). The molecule has 2 aliphatic carbocycles. The predicted molar refractivity (Wildman–Crippen MR) is 123 cm³/mol. The molecular weight excluding hydrogens is 487 g/mol. The molecular formula is C24H17Cl3N2O4. The Kier molecular flexibility index (Phi) is 5.55. The van der Waals surface area contributed by atoms with Crippen LogP contribution in [0.5, 0.6) is 0 Å². The maximum Gasteiger partial charge on any atom is 0.274 e. The highest BCUT2D eigenvalue weighted by Gasteiger charge is 2.61. The molecule has 0 N–H and O–H groups in total. The Hall–Kier alpha value is -2.67. The number of rotatable bonds is 5. The number of nitrogens with zero attached hydrogens (tertiary/aromatic N) is 2. The van der Waals surface area contributed by atoms with Gasteiger partial charge in [0, 0.05) is 10.6 Å². The molecule has 2 aromatic rings. The third kappa shape index (κ3) is 3.57. The van der Waals surface area contributed by atoms with E-state index in [2.05, 4.69) is 0 Å². The zero-order chi connectivity index (χ0) is 23.4. The SMILES string of the molecule is O=C(CN(C(=O)c1ccccc1Cl)N1C(=O)[C@@H]2[C@H](C1=O)[C@H]1C=C[C@H]2C1)c1ccc(Cl)cc1Cl. The van der Waals surface area contributed by atoms with Crippen LogP contribution in [0.1, 0.15) is 27.1 Å². The van der Waals surface area contributed by atoms with Gasteiger partial charge in [0.25, 0.3) is 17.7 Å². The molecule has 168 valence electrons. The van der Waals surface area contributed by atoms with Gasteiger partial charge < -0.3 is 0 Å². The van der Waals surface area contributed by atoms with E-state index in [1.165, 1.54) is 30.3 Å². The van der Waals surface area contributed by atoms with Crippen molar-refractivity contribution < 1.29 is 19.2 Å². The largest absolute Gasteiger partial charge is 0.292 e. The first-order chi connectivity index (χ1) is 15.8. The van der Waals surface area contributed by atoms with Gasteiger partial charge in [-0.2, -0.15) is 5.01 Å². The highest BCUT2D eigenvalue weighted by molar-refractivity contribution is 6.37. The number of fused-ring (bicyclic) bond motifs is 5. The molecule has 0 radical (unpaired) electrons. The summed E-state index contributed by atoms with van der Waals surface area (Å²) in [5, 5.41) is 2.34. The summed E-state index contributed by atoms with van der Waals surface area (Å²) in [6, 6.07) is 10.6. The fraction of sp³-hybridized carbons (Fsp3) is 0.250. The van der Waals surface area contributed by atoms with Gasteiger partial charge in [0.2, 0.25) is 0 Å². The minimum absolute atomic E-state index is 0.0415. The molecule has 1 aliphatic heterocycles. The number of hydrogen-bond acceptors (Lipinski definition) is 4. The number of Topliss-reactive ketones (excluding diaryl/α,β-unsaturated/α-hetero) is 1. The first-order valence-electron chi connectivity index (χ1n) is 10.4. The van der Waals surface area contributed by atoms with Crippen molar-refractivity contribution in [1.82, 2.24) is 10.0 Å². The normalized spacial score (nSPS) is 25.0. The van der Waals surface area contributed by atoms with Crippen LogP contribution in [0.25, 0.3) is 0 Å². The van der Waals surface area contributed by atoms with E-state index >= 15 is 0 Å². The van der Waals surface area contributed by atoms with Gasteiger partial charge in [-0.3, -0.25) is 19.2 Å². The van der Waals surface area contributed by atoms with Crippen molar-refractivity contribution in [3.8, 4) is 0 Å². The zero-order valence-electron chi connectivity index (χ0n) is 17.1. The predicted octanol–water partition coefficient (Wildman–Crippen LogP) is 4.69. The van der Waals surface area contributed by atoms with Gasteiger partial charge in [0.05, 0.1) is 27.4 Å². The summed E-state index contributed by atoms with van der Waals surface area (Å²) < 4.78 is 0. The highest BCUT2D eigenvalue weighted by atomic mass is 35.5. The third-order valence-corrected chi connectivity index (χ3v) is 7.43. The number of amides is 3. The standard InChI is InChI=1S/C24H17Cl3N2O4/c25-14-7-8-15(18(27)10-14)19(30)11-28(22(31)16-3-1-2-4-17(16)26)29-23(32)20-12-5-6-13(9-12)21(20)24(29)33/h1-8,10,12-13,20-21H,9,11H2/t12-,13-,20-,21+/m0/s1. The summed E-state index contributed by atoms with van der Waals surface area (Å²) in [5.41, 5.74) is 0.201. The molecule has 0 aromatic heterocycles.